The zero-order valence-electron chi connectivity index (χ0n) is 11.5. The number of hydrogen-bond donors (Lipinski definition) is 1. The number of anilines is 1. The number of fused-ring (bicyclic) bond motifs is 1. The Morgan fingerprint density at radius 3 is 2.75 bits per heavy atom. The van der Waals surface area contributed by atoms with Gasteiger partial charge >= 0.3 is 0 Å². The van der Waals surface area contributed by atoms with Crippen molar-refractivity contribution in [3.05, 3.63) is 23.8 Å². The lowest BCUT2D eigenvalue weighted by Crippen LogP contribution is -2.43. The molecule has 5 nitrogen and oxygen atoms in total. The van der Waals surface area contributed by atoms with Crippen LogP contribution in [0.15, 0.2) is 18.2 Å². The van der Waals surface area contributed by atoms with Crippen LogP contribution in [0, 0.1) is 0 Å². The van der Waals surface area contributed by atoms with Crippen molar-refractivity contribution >= 4 is 11.6 Å². The van der Waals surface area contributed by atoms with Gasteiger partial charge in [0.15, 0.2) is 6.61 Å². The second kappa shape index (κ2) is 5.81. The largest absolute Gasteiger partial charge is 0.482 e. The Hall–Kier alpha value is -1.59. The molecule has 5 heteroatoms. The van der Waals surface area contributed by atoms with Gasteiger partial charge in [0.1, 0.15) is 5.75 Å². The molecular formula is C15H20N2O3. The van der Waals surface area contributed by atoms with E-state index in [4.69, 9.17) is 9.84 Å². The molecule has 1 amide bonds. The van der Waals surface area contributed by atoms with Crippen molar-refractivity contribution in [2.75, 3.05) is 37.7 Å². The Morgan fingerprint density at radius 2 is 2.00 bits per heavy atom. The third-order valence-electron chi connectivity index (χ3n) is 3.99. The van der Waals surface area contributed by atoms with Crippen molar-refractivity contribution in [2.45, 2.75) is 19.4 Å². The van der Waals surface area contributed by atoms with Gasteiger partial charge in [0.2, 0.25) is 0 Å². The molecule has 2 aliphatic rings. The number of ether oxygens (including phenoxy) is 1. The molecule has 0 radical (unpaired) electrons. The van der Waals surface area contributed by atoms with Crippen LogP contribution in [-0.4, -0.2) is 48.7 Å². The smallest absolute Gasteiger partial charge is 0.265 e. The maximum absolute atomic E-state index is 12.0. The zero-order valence-corrected chi connectivity index (χ0v) is 11.5. The van der Waals surface area contributed by atoms with Gasteiger partial charge in [-0.3, -0.25) is 4.79 Å². The minimum atomic E-state index is -0.0155. The zero-order chi connectivity index (χ0) is 13.9. The van der Waals surface area contributed by atoms with E-state index in [1.165, 1.54) is 12.8 Å². The standard InChI is InChI=1S/C15H20N2O3/c18-10-12-3-4-13-14(9-12)20-11-15(19)17(13)8-7-16-5-1-2-6-16/h3-4,9,18H,1-2,5-8,10-11H2. The van der Waals surface area contributed by atoms with Crippen LogP contribution in [0.3, 0.4) is 0 Å². The van der Waals surface area contributed by atoms with Crippen LogP contribution < -0.4 is 9.64 Å². The van der Waals surface area contributed by atoms with Crippen LogP contribution in [0.2, 0.25) is 0 Å². The first kappa shape index (κ1) is 13.4. The molecule has 2 aliphatic heterocycles. The first-order valence-corrected chi connectivity index (χ1v) is 7.17. The second-order valence-corrected chi connectivity index (χ2v) is 5.34. The van der Waals surface area contributed by atoms with E-state index in [2.05, 4.69) is 4.90 Å². The molecule has 1 aromatic carbocycles. The Balaban J connectivity index is 1.74. The van der Waals surface area contributed by atoms with Crippen molar-refractivity contribution in [3.8, 4) is 5.75 Å². The lowest BCUT2D eigenvalue weighted by Gasteiger charge is -2.31. The molecule has 1 N–H and O–H groups in total. The summed E-state index contributed by atoms with van der Waals surface area (Å²) in [5, 5.41) is 9.16. The van der Waals surface area contributed by atoms with E-state index in [0.717, 1.165) is 30.9 Å². The lowest BCUT2D eigenvalue weighted by molar-refractivity contribution is -0.121. The van der Waals surface area contributed by atoms with E-state index in [9.17, 15) is 4.79 Å². The molecule has 2 heterocycles. The predicted octanol–water partition coefficient (Wildman–Crippen LogP) is 1.00. The molecular weight excluding hydrogens is 256 g/mol. The van der Waals surface area contributed by atoms with Crippen molar-refractivity contribution < 1.29 is 14.6 Å². The Kier molecular flexibility index (Phi) is 3.89. The first-order valence-electron chi connectivity index (χ1n) is 7.17. The number of amides is 1. The number of aliphatic hydroxyl groups is 1. The molecule has 3 rings (SSSR count). The average Bonchev–Trinajstić information content (AvgIpc) is 2.99. The van der Waals surface area contributed by atoms with Crippen LogP contribution >= 0.6 is 0 Å². The van der Waals surface area contributed by atoms with Gasteiger partial charge in [-0.05, 0) is 43.6 Å². The van der Waals surface area contributed by atoms with Gasteiger partial charge in [-0.1, -0.05) is 6.07 Å². The molecule has 0 saturated carbocycles. The number of carbonyl (C=O) groups is 1. The summed E-state index contributed by atoms with van der Waals surface area (Å²) in [5.74, 6) is 0.700. The monoisotopic (exact) mass is 276 g/mol. The molecule has 20 heavy (non-hydrogen) atoms. The van der Waals surface area contributed by atoms with Gasteiger partial charge in [-0.2, -0.15) is 0 Å². The summed E-state index contributed by atoms with van der Waals surface area (Å²) in [6, 6.07) is 5.51. The molecule has 0 aromatic heterocycles. The number of nitrogens with zero attached hydrogens (tertiary/aromatic N) is 2. The van der Waals surface area contributed by atoms with E-state index in [0.29, 0.717) is 12.3 Å². The quantitative estimate of drug-likeness (QED) is 0.891. The van der Waals surface area contributed by atoms with Gasteiger partial charge in [0.25, 0.3) is 5.91 Å². The number of rotatable bonds is 4. The number of benzene rings is 1. The SMILES string of the molecule is O=C1COc2cc(CO)ccc2N1CCN1CCCC1. The van der Waals surface area contributed by atoms with Crippen molar-refractivity contribution in [2.24, 2.45) is 0 Å². The number of carbonyl (C=O) groups excluding carboxylic acids is 1. The molecule has 0 bridgehead atoms. The lowest BCUT2D eigenvalue weighted by atomic mass is 10.1. The second-order valence-electron chi connectivity index (χ2n) is 5.34. The summed E-state index contributed by atoms with van der Waals surface area (Å²) in [4.78, 5) is 16.2. The number of likely N-dealkylation sites (tertiary alicyclic amines) is 1. The van der Waals surface area contributed by atoms with E-state index < -0.39 is 0 Å². The first-order chi connectivity index (χ1) is 9.78. The fourth-order valence-corrected chi connectivity index (χ4v) is 2.84. The van der Waals surface area contributed by atoms with E-state index in [-0.39, 0.29) is 19.1 Å². The summed E-state index contributed by atoms with van der Waals surface area (Å²) in [6.07, 6.45) is 2.51. The maximum atomic E-state index is 12.0. The van der Waals surface area contributed by atoms with Crippen LogP contribution in [-0.2, 0) is 11.4 Å². The average molecular weight is 276 g/mol. The molecule has 1 saturated heterocycles. The van der Waals surface area contributed by atoms with Crippen LogP contribution in [0.1, 0.15) is 18.4 Å². The minimum absolute atomic E-state index is 0.00782. The van der Waals surface area contributed by atoms with E-state index in [1.807, 2.05) is 18.2 Å². The molecule has 0 atom stereocenters. The van der Waals surface area contributed by atoms with Gasteiger partial charge < -0.3 is 19.6 Å². The highest BCUT2D eigenvalue weighted by molar-refractivity contribution is 5.97. The molecule has 108 valence electrons. The molecule has 1 fully saturated rings. The number of aliphatic hydroxyl groups excluding tert-OH is 1. The fourth-order valence-electron chi connectivity index (χ4n) is 2.84. The van der Waals surface area contributed by atoms with E-state index in [1.54, 1.807) is 4.90 Å². The van der Waals surface area contributed by atoms with E-state index >= 15 is 0 Å². The molecule has 0 aliphatic carbocycles. The third kappa shape index (κ3) is 2.64. The van der Waals surface area contributed by atoms with Crippen molar-refractivity contribution in [3.63, 3.8) is 0 Å². The molecule has 0 unspecified atom stereocenters. The van der Waals surface area contributed by atoms with Gasteiger partial charge in [0, 0.05) is 13.1 Å². The highest BCUT2D eigenvalue weighted by Gasteiger charge is 2.26. The van der Waals surface area contributed by atoms with Gasteiger partial charge in [-0.25, -0.2) is 0 Å². The fraction of sp³-hybridized carbons (Fsp3) is 0.533. The molecule has 1 aromatic rings. The third-order valence-corrected chi connectivity index (χ3v) is 3.99. The highest BCUT2D eigenvalue weighted by Crippen LogP contribution is 2.32. The molecule has 0 spiro atoms. The summed E-state index contributed by atoms with van der Waals surface area (Å²) < 4.78 is 5.46. The normalized spacial score (nSPS) is 19.1. The number of hydrogen-bond acceptors (Lipinski definition) is 4. The van der Waals surface area contributed by atoms with Crippen LogP contribution in [0.4, 0.5) is 5.69 Å². The van der Waals surface area contributed by atoms with Crippen LogP contribution in [0.25, 0.3) is 0 Å². The summed E-state index contributed by atoms with van der Waals surface area (Å²) >= 11 is 0. The Labute approximate surface area is 118 Å². The van der Waals surface area contributed by atoms with Gasteiger partial charge in [-0.15, -0.1) is 0 Å². The predicted molar refractivity (Wildman–Crippen MR) is 75.9 cm³/mol. The van der Waals surface area contributed by atoms with Crippen LogP contribution in [0.5, 0.6) is 5.75 Å². The topological polar surface area (TPSA) is 53.0 Å². The summed E-state index contributed by atoms with van der Waals surface area (Å²) in [6.45, 7) is 3.95. The highest BCUT2D eigenvalue weighted by atomic mass is 16.5. The van der Waals surface area contributed by atoms with Crippen molar-refractivity contribution in [1.29, 1.82) is 0 Å². The summed E-state index contributed by atoms with van der Waals surface area (Å²) in [7, 11) is 0. The maximum Gasteiger partial charge on any atom is 0.265 e. The van der Waals surface area contributed by atoms with Gasteiger partial charge in [0.05, 0.1) is 12.3 Å². The minimum Gasteiger partial charge on any atom is -0.482 e. The Bertz CT molecular complexity index is 498. The summed E-state index contributed by atoms with van der Waals surface area (Å²) in [5.41, 5.74) is 1.62. The van der Waals surface area contributed by atoms with Crippen molar-refractivity contribution in [1.82, 2.24) is 4.90 Å². The Morgan fingerprint density at radius 1 is 1.20 bits per heavy atom.